The zero-order valence-electron chi connectivity index (χ0n) is 20.8. The van der Waals surface area contributed by atoms with Crippen molar-refractivity contribution in [2.45, 2.75) is 37.4 Å². The Morgan fingerprint density at radius 3 is 2.64 bits per heavy atom. The number of fused-ring (bicyclic) bond motifs is 1. The topological polar surface area (TPSA) is 188 Å². The predicted molar refractivity (Wildman–Crippen MR) is 141 cm³/mol. The summed E-state index contributed by atoms with van der Waals surface area (Å²) in [6, 6.07) is 4.60. The lowest BCUT2D eigenvalue weighted by Gasteiger charge is -2.49. The number of nitrogens with one attached hydrogen (secondary N) is 1. The van der Waals surface area contributed by atoms with Gasteiger partial charge in [-0.3, -0.25) is 14.5 Å². The normalized spacial score (nSPS) is 19.5. The van der Waals surface area contributed by atoms with Crippen LogP contribution in [0.25, 0.3) is 0 Å². The summed E-state index contributed by atoms with van der Waals surface area (Å²) in [6.45, 7) is 3.02. The number of pyridine rings is 1. The third kappa shape index (κ3) is 5.93. The molecule has 2 aliphatic heterocycles. The number of β-lactam (4-membered cyclic amide) rings is 1. The van der Waals surface area contributed by atoms with Crippen molar-refractivity contribution >= 4 is 57.7 Å². The number of carbonyl (C=O) groups excluding carboxylic acids is 2. The summed E-state index contributed by atoms with van der Waals surface area (Å²) in [6.07, 6.45) is 7.24. The van der Waals surface area contributed by atoms with Crippen LogP contribution >= 0.6 is 23.1 Å². The number of allylic oxidation sites excluding steroid dienone is 2. The average molecular weight is 574 g/mol. The molecule has 0 aliphatic carbocycles. The van der Waals surface area contributed by atoms with Crippen molar-refractivity contribution < 1.29 is 38.8 Å². The Morgan fingerprint density at radius 1 is 1.31 bits per heavy atom. The highest BCUT2D eigenvalue weighted by atomic mass is 32.2. The smallest absolute Gasteiger partial charge is 0.352 e. The number of aromatic nitrogens is 2. The monoisotopic (exact) mass is 573 g/mol. The molecule has 2 amide bonds. The lowest BCUT2D eigenvalue weighted by Crippen LogP contribution is -2.71. The van der Waals surface area contributed by atoms with Crippen LogP contribution in [0.4, 0.5) is 5.13 Å². The lowest BCUT2D eigenvalue weighted by molar-refractivity contribution is -0.687. The summed E-state index contributed by atoms with van der Waals surface area (Å²) in [5, 5.41) is 26.4. The van der Waals surface area contributed by atoms with E-state index in [4.69, 9.17) is 10.6 Å². The minimum Gasteiger partial charge on any atom is -0.478 e. The minimum absolute atomic E-state index is 0.0333. The van der Waals surface area contributed by atoms with Crippen molar-refractivity contribution in [2.75, 3.05) is 11.5 Å². The number of carboxylic acid groups (broad SMARTS) is 2. The Morgan fingerprint density at radius 2 is 2.03 bits per heavy atom. The van der Waals surface area contributed by atoms with E-state index in [1.807, 2.05) is 41.2 Å². The van der Waals surface area contributed by atoms with E-state index in [9.17, 15) is 29.4 Å². The predicted octanol–water partition coefficient (Wildman–Crippen LogP) is 0.592. The van der Waals surface area contributed by atoms with Gasteiger partial charge in [-0.1, -0.05) is 17.3 Å². The minimum atomic E-state index is -1.75. The van der Waals surface area contributed by atoms with Crippen LogP contribution < -0.4 is 15.6 Å². The van der Waals surface area contributed by atoms with Crippen molar-refractivity contribution in [3.05, 3.63) is 65.1 Å². The van der Waals surface area contributed by atoms with Crippen LogP contribution in [0, 0.1) is 0 Å². The standard InChI is InChI=1S/C24H24N6O7S2/c1-24(2,22(35)36)37-28-15(14-12-39-23(25)26-14)18(31)27-16-19(32)30-17(21(33)34)13(11-38-20(16)30)7-6-10-29-8-4-3-5-9-29/h3-9,12,16,20H,10-11H2,1-2H3,(H4-,25,26,27,31,33,34,35,36)/p+1/b7-6+,28-15-/t16?,20-/m1/s1. The van der Waals surface area contributed by atoms with Crippen LogP contribution in [0.15, 0.2) is 64.6 Å². The molecule has 1 saturated heterocycles. The van der Waals surface area contributed by atoms with E-state index in [2.05, 4.69) is 15.5 Å². The Bertz CT molecular complexity index is 1400. The summed E-state index contributed by atoms with van der Waals surface area (Å²) in [5.74, 6) is -3.73. The van der Waals surface area contributed by atoms with Crippen molar-refractivity contribution in [1.29, 1.82) is 0 Å². The number of amides is 2. The molecule has 2 aromatic rings. The second kappa shape index (κ2) is 11.2. The zero-order chi connectivity index (χ0) is 28.3. The van der Waals surface area contributed by atoms with E-state index in [1.165, 1.54) is 31.0 Å². The van der Waals surface area contributed by atoms with Crippen LogP contribution in [0.3, 0.4) is 0 Å². The van der Waals surface area contributed by atoms with Gasteiger partial charge in [0.1, 0.15) is 22.8 Å². The van der Waals surface area contributed by atoms with Crippen molar-refractivity contribution in [3.8, 4) is 0 Å². The van der Waals surface area contributed by atoms with Gasteiger partial charge in [-0.15, -0.1) is 23.1 Å². The summed E-state index contributed by atoms with van der Waals surface area (Å²) in [5.41, 5.74) is 3.91. The van der Waals surface area contributed by atoms with Crippen LogP contribution in [0.2, 0.25) is 0 Å². The van der Waals surface area contributed by atoms with Crippen LogP contribution in [0.5, 0.6) is 0 Å². The highest BCUT2D eigenvalue weighted by Gasteiger charge is 2.54. The fourth-order valence-electron chi connectivity index (χ4n) is 3.65. The number of nitrogens with two attached hydrogens (primary N) is 1. The summed E-state index contributed by atoms with van der Waals surface area (Å²) >= 11 is 2.34. The molecular weight excluding hydrogens is 548 g/mol. The molecule has 0 aromatic carbocycles. The number of rotatable bonds is 10. The van der Waals surface area contributed by atoms with Crippen molar-refractivity contribution in [3.63, 3.8) is 0 Å². The molecule has 0 saturated carbocycles. The molecule has 13 nitrogen and oxygen atoms in total. The van der Waals surface area contributed by atoms with Gasteiger partial charge in [-0.05, 0) is 25.5 Å². The number of carboxylic acids is 2. The third-order valence-corrected chi connectivity index (χ3v) is 7.74. The highest BCUT2D eigenvalue weighted by Crippen LogP contribution is 2.40. The fourth-order valence-corrected chi connectivity index (χ4v) is 5.52. The molecule has 0 bridgehead atoms. The number of nitrogens with zero attached hydrogens (tertiary/aromatic N) is 4. The first-order valence-electron chi connectivity index (χ1n) is 11.5. The quantitative estimate of drug-likeness (QED) is 0.136. The molecule has 0 radical (unpaired) electrons. The zero-order valence-corrected chi connectivity index (χ0v) is 22.4. The summed E-state index contributed by atoms with van der Waals surface area (Å²) < 4.78 is 1.91. The van der Waals surface area contributed by atoms with Crippen LogP contribution in [-0.4, -0.2) is 72.3 Å². The van der Waals surface area contributed by atoms with Gasteiger partial charge in [0.2, 0.25) is 5.60 Å². The lowest BCUT2D eigenvalue weighted by atomic mass is 10.0. The highest BCUT2D eigenvalue weighted by molar-refractivity contribution is 8.00. The Kier molecular flexibility index (Phi) is 8.01. The Labute approximate surface area is 230 Å². The summed E-state index contributed by atoms with van der Waals surface area (Å²) in [4.78, 5) is 59.9. The van der Waals surface area contributed by atoms with Gasteiger partial charge in [-0.25, -0.2) is 19.1 Å². The molecule has 5 N–H and O–H groups in total. The number of nitrogen functional groups attached to an aromatic ring is 1. The third-order valence-electron chi connectivity index (χ3n) is 5.76. The number of hydrogen-bond donors (Lipinski definition) is 4. The van der Waals surface area contributed by atoms with Gasteiger partial charge in [0.15, 0.2) is 29.8 Å². The van der Waals surface area contributed by atoms with Gasteiger partial charge >= 0.3 is 11.9 Å². The average Bonchev–Trinajstić information content (AvgIpc) is 3.32. The maximum absolute atomic E-state index is 13.2. The first-order chi connectivity index (χ1) is 18.5. The summed E-state index contributed by atoms with van der Waals surface area (Å²) in [7, 11) is 0. The van der Waals surface area contributed by atoms with E-state index in [1.54, 1.807) is 6.08 Å². The molecule has 0 spiro atoms. The number of aliphatic carboxylic acids is 2. The van der Waals surface area contributed by atoms with Gasteiger partial charge in [0.05, 0.1) is 0 Å². The first kappa shape index (κ1) is 27.8. The number of carbonyl (C=O) groups is 4. The first-order valence-corrected chi connectivity index (χ1v) is 13.5. The molecule has 39 heavy (non-hydrogen) atoms. The van der Waals surface area contributed by atoms with E-state index in [0.717, 1.165) is 16.2 Å². The van der Waals surface area contributed by atoms with Crippen LogP contribution in [-0.2, 0) is 30.6 Å². The molecule has 4 heterocycles. The second-order valence-electron chi connectivity index (χ2n) is 8.93. The number of oxime groups is 1. The molecule has 15 heteroatoms. The Balaban J connectivity index is 1.52. The van der Waals surface area contributed by atoms with E-state index >= 15 is 0 Å². The maximum atomic E-state index is 13.2. The second-order valence-corrected chi connectivity index (χ2v) is 10.9. The SMILES string of the molecule is CC(C)(O/N=C(\C(=O)NC1C(=O)N2C(C(=O)O)=C(/C=C/C[n+]3ccccc3)CS[C@H]12)c1csc(N)n1)C(=O)O. The molecule has 1 fully saturated rings. The van der Waals surface area contributed by atoms with Gasteiger partial charge in [0.25, 0.3) is 11.8 Å². The molecular formula is C24H25N6O7S2+. The van der Waals surface area contributed by atoms with E-state index < -0.39 is 40.8 Å². The van der Waals surface area contributed by atoms with Gasteiger partial charge in [0, 0.05) is 23.3 Å². The van der Waals surface area contributed by atoms with Gasteiger partial charge in [-0.2, -0.15) is 0 Å². The van der Waals surface area contributed by atoms with Crippen LogP contribution in [0.1, 0.15) is 19.5 Å². The number of hydrogen-bond acceptors (Lipinski definition) is 10. The van der Waals surface area contributed by atoms with E-state index in [0.29, 0.717) is 17.9 Å². The molecule has 2 atom stereocenters. The maximum Gasteiger partial charge on any atom is 0.352 e. The fraction of sp³-hybridized carbons (Fsp3) is 0.292. The Hall–Kier alpha value is -4.24. The molecule has 4 rings (SSSR count). The van der Waals surface area contributed by atoms with Crippen molar-refractivity contribution in [2.24, 2.45) is 5.16 Å². The van der Waals surface area contributed by atoms with Gasteiger partial charge < -0.3 is 26.1 Å². The number of thioether (sulfide) groups is 1. The number of anilines is 1. The molecule has 1 unspecified atom stereocenters. The molecule has 204 valence electrons. The molecule has 2 aromatic heterocycles. The largest absolute Gasteiger partial charge is 0.478 e. The number of thiazole rings is 1. The molecule has 2 aliphatic rings. The van der Waals surface area contributed by atoms with Crippen molar-refractivity contribution in [1.82, 2.24) is 15.2 Å². The van der Waals surface area contributed by atoms with E-state index in [-0.39, 0.29) is 22.2 Å².